The van der Waals surface area contributed by atoms with E-state index in [1.165, 1.54) is 6.07 Å². The van der Waals surface area contributed by atoms with Crippen molar-refractivity contribution in [2.45, 2.75) is 26.4 Å². The molecule has 0 spiro atoms. The fourth-order valence-corrected chi connectivity index (χ4v) is 2.68. The molecule has 5 nitrogen and oxygen atoms in total. The molecule has 2 N–H and O–H groups in total. The van der Waals surface area contributed by atoms with Crippen molar-refractivity contribution in [1.29, 1.82) is 0 Å². The maximum atomic E-state index is 12.9. The molecule has 0 unspecified atom stereocenters. The molecule has 2 rings (SSSR count). The summed E-state index contributed by atoms with van der Waals surface area (Å²) in [5.41, 5.74) is 3.93. The number of aromatic nitrogens is 1. The number of halogens is 3. The molecule has 0 aliphatic rings. The van der Waals surface area contributed by atoms with Crippen LogP contribution in [0.2, 0.25) is 0 Å². The Morgan fingerprint density at radius 2 is 2.04 bits per heavy atom. The highest BCUT2D eigenvalue weighted by Gasteiger charge is 2.33. The van der Waals surface area contributed by atoms with Gasteiger partial charge in [-0.15, -0.1) is 11.3 Å². The topological polar surface area (TPSA) is 74.4 Å². The lowest BCUT2D eigenvalue weighted by molar-refractivity contribution is -0.137. The van der Waals surface area contributed by atoms with Gasteiger partial charge in [-0.25, -0.2) is 9.78 Å². The minimum absolute atomic E-state index is 0.0757. The van der Waals surface area contributed by atoms with Crippen LogP contribution in [0.5, 0.6) is 11.6 Å². The Labute approximate surface area is 140 Å². The number of esters is 1. The summed E-state index contributed by atoms with van der Waals surface area (Å²) in [6.45, 7) is 3.65. The predicted octanol–water partition coefficient (Wildman–Crippen LogP) is 4.28. The largest absolute Gasteiger partial charge is 0.462 e. The maximum Gasteiger partial charge on any atom is 0.418 e. The van der Waals surface area contributed by atoms with Gasteiger partial charge >= 0.3 is 12.1 Å². The van der Waals surface area contributed by atoms with Gasteiger partial charge in [0.25, 0.3) is 0 Å². The second kappa shape index (κ2) is 7.08. The highest BCUT2D eigenvalue weighted by atomic mass is 32.1. The van der Waals surface area contributed by atoms with Gasteiger partial charge < -0.3 is 15.2 Å². The van der Waals surface area contributed by atoms with E-state index in [1.54, 1.807) is 6.92 Å². The van der Waals surface area contributed by atoms with Gasteiger partial charge in [0.05, 0.1) is 17.2 Å². The number of hydrogen-bond acceptors (Lipinski definition) is 6. The number of thiazole rings is 1. The lowest BCUT2D eigenvalue weighted by atomic mass is 10.1. The van der Waals surface area contributed by atoms with Crippen LogP contribution in [0, 0.1) is 0 Å². The van der Waals surface area contributed by atoms with E-state index >= 15 is 0 Å². The van der Waals surface area contributed by atoms with Crippen molar-refractivity contribution in [3.05, 3.63) is 33.6 Å². The molecule has 0 amide bonds. The van der Waals surface area contributed by atoms with E-state index in [2.05, 4.69) is 4.98 Å². The lowest BCUT2D eigenvalue weighted by Gasteiger charge is -2.12. The van der Waals surface area contributed by atoms with Gasteiger partial charge in [-0.3, -0.25) is 0 Å². The van der Waals surface area contributed by atoms with Crippen LogP contribution in [0.4, 0.5) is 18.9 Å². The van der Waals surface area contributed by atoms with Gasteiger partial charge in [-0.1, -0.05) is 6.92 Å². The Kier molecular flexibility index (Phi) is 5.33. The molecule has 2 aromatic rings. The molecule has 24 heavy (non-hydrogen) atoms. The van der Waals surface area contributed by atoms with Crippen LogP contribution in [0.3, 0.4) is 0 Å². The SMILES string of the molecule is CCOC(=O)c1sc(CC)nc1Oc1ccc(N)c(C(F)(F)F)c1. The average Bonchev–Trinajstić information content (AvgIpc) is 2.91. The molecule has 0 aliphatic carbocycles. The Hall–Kier alpha value is -2.29. The lowest BCUT2D eigenvalue weighted by Crippen LogP contribution is -2.09. The fourth-order valence-electron chi connectivity index (χ4n) is 1.85. The van der Waals surface area contributed by atoms with E-state index in [9.17, 15) is 18.0 Å². The smallest absolute Gasteiger partial charge is 0.418 e. The van der Waals surface area contributed by atoms with Crippen LogP contribution in [0.1, 0.15) is 34.1 Å². The van der Waals surface area contributed by atoms with Crippen LogP contribution in [0.15, 0.2) is 18.2 Å². The summed E-state index contributed by atoms with van der Waals surface area (Å²) in [7, 11) is 0. The molecule has 0 atom stereocenters. The van der Waals surface area contributed by atoms with E-state index < -0.39 is 23.4 Å². The maximum absolute atomic E-state index is 12.9. The van der Waals surface area contributed by atoms with Crippen LogP contribution < -0.4 is 10.5 Å². The number of aryl methyl sites for hydroxylation is 1. The first kappa shape index (κ1) is 18.1. The van der Waals surface area contributed by atoms with Gasteiger partial charge in [0.15, 0.2) is 4.88 Å². The van der Waals surface area contributed by atoms with E-state index in [0.29, 0.717) is 11.4 Å². The third-order valence-electron chi connectivity index (χ3n) is 2.95. The van der Waals surface area contributed by atoms with E-state index in [0.717, 1.165) is 23.5 Å². The zero-order valence-corrected chi connectivity index (χ0v) is 13.8. The van der Waals surface area contributed by atoms with Gasteiger partial charge in [0, 0.05) is 5.69 Å². The molecule has 0 radical (unpaired) electrons. The summed E-state index contributed by atoms with van der Waals surface area (Å²) >= 11 is 1.08. The zero-order chi connectivity index (χ0) is 17.9. The molecule has 0 saturated carbocycles. The molecule has 9 heteroatoms. The highest BCUT2D eigenvalue weighted by Crippen LogP contribution is 2.37. The first-order valence-electron chi connectivity index (χ1n) is 7.07. The number of anilines is 1. The first-order chi connectivity index (χ1) is 11.3. The minimum Gasteiger partial charge on any atom is -0.462 e. The van der Waals surface area contributed by atoms with Crippen molar-refractivity contribution in [2.75, 3.05) is 12.3 Å². The molecule has 1 aromatic carbocycles. The molecule has 0 bridgehead atoms. The summed E-state index contributed by atoms with van der Waals surface area (Å²) in [4.78, 5) is 16.2. The normalized spacial score (nSPS) is 11.4. The second-order valence-corrected chi connectivity index (χ2v) is 5.75. The van der Waals surface area contributed by atoms with Crippen LogP contribution in [-0.2, 0) is 17.3 Å². The van der Waals surface area contributed by atoms with E-state index in [-0.39, 0.29) is 23.1 Å². The number of carbonyl (C=O) groups excluding carboxylic acids is 1. The first-order valence-corrected chi connectivity index (χ1v) is 7.89. The summed E-state index contributed by atoms with van der Waals surface area (Å²) in [6, 6.07) is 3.15. The summed E-state index contributed by atoms with van der Waals surface area (Å²) in [6.07, 6.45) is -4.06. The number of alkyl halides is 3. The summed E-state index contributed by atoms with van der Waals surface area (Å²) < 4.78 is 49.0. The number of nitrogens with two attached hydrogens (primary N) is 1. The van der Waals surface area contributed by atoms with Crippen molar-refractivity contribution < 1.29 is 27.4 Å². The van der Waals surface area contributed by atoms with Gasteiger partial charge in [-0.05, 0) is 31.5 Å². The fraction of sp³-hybridized carbons (Fsp3) is 0.333. The Bertz CT molecular complexity index is 744. The van der Waals surface area contributed by atoms with Crippen LogP contribution in [-0.4, -0.2) is 17.6 Å². The molecule has 0 saturated heterocycles. The summed E-state index contributed by atoms with van der Waals surface area (Å²) in [5.74, 6) is -0.820. The van der Waals surface area contributed by atoms with Crippen molar-refractivity contribution in [1.82, 2.24) is 4.98 Å². The van der Waals surface area contributed by atoms with Crippen LogP contribution >= 0.6 is 11.3 Å². The number of ether oxygens (including phenoxy) is 2. The summed E-state index contributed by atoms with van der Waals surface area (Å²) in [5, 5.41) is 0.611. The van der Waals surface area contributed by atoms with Gasteiger partial charge in [-0.2, -0.15) is 13.2 Å². The van der Waals surface area contributed by atoms with Gasteiger partial charge in [0.2, 0.25) is 5.88 Å². The molecule has 1 aromatic heterocycles. The Morgan fingerprint density at radius 3 is 2.62 bits per heavy atom. The predicted molar refractivity (Wildman–Crippen MR) is 83.4 cm³/mol. The molecule has 1 heterocycles. The second-order valence-electron chi connectivity index (χ2n) is 4.66. The zero-order valence-electron chi connectivity index (χ0n) is 12.9. The average molecular weight is 360 g/mol. The monoisotopic (exact) mass is 360 g/mol. The number of nitrogens with zero attached hydrogens (tertiary/aromatic N) is 1. The Balaban J connectivity index is 2.37. The van der Waals surface area contributed by atoms with Gasteiger partial charge in [0.1, 0.15) is 5.75 Å². The Morgan fingerprint density at radius 1 is 1.33 bits per heavy atom. The third-order valence-corrected chi connectivity index (χ3v) is 4.11. The van der Waals surface area contributed by atoms with Crippen molar-refractivity contribution >= 4 is 23.0 Å². The number of rotatable bonds is 5. The standard InChI is InChI=1S/C15H15F3N2O3S/c1-3-11-20-13(12(24-11)14(21)22-4-2)23-8-5-6-10(19)9(7-8)15(16,17)18/h5-7H,3-4,19H2,1-2H3. The number of nitrogen functional groups attached to an aromatic ring is 1. The molecule has 0 aliphatic heterocycles. The van der Waals surface area contributed by atoms with Crippen LogP contribution in [0.25, 0.3) is 0 Å². The van der Waals surface area contributed by atoms with Crippen molar-refractivity contribution in [2.24, 2.45) is 0 Å². The highest BCUT2D eigenvalue weighted by molar-refractivity contribution is 7.13. The third kappa shape index (κ3) is 3.97. The number of benzene rings is 1. The quantitative estimate of drug-likeness (QED) is 0.636. The van der Waals surface area contributed by atoms with E-state index in [1.807, 2.05) is 6.92 Å². The number of hydrogen-bond donors (Lipinski definition) is 1. The molecule has 130 valence electrons. The number of carbonyl (C=O) groups is 1. The molecule has 0 fully saturated rings. The molecular formula is C15H15F3N2O3S. The van der Waals surface area contributed by atoms with Crippen molar-refractivity contribution in [3.8, 4) is 11.6 Å². The van der Waals surface area contributed by atoms with Crippen molar-refractivity contribution in [3.63, 3.8) is 0 Å². The molecular weight excluding hydrogens is 345 g/mol. The minimum atomic E-state index is -4.61. The van der Waals surface area contributed by atoms with E-state index in [4.69, 9.17) is 15.2 Å².